The summed E-state index contributed by atoms with van der Waals surface area (Å²) in [6.07, 6.45) is -10.3. The van der Waals surface area contributed by atoms with E-state index in [2.05, 4.69) is 15.4 Å². The maximum Gasteiger partial charge on any atom is 0.416 e. The van der Waals surface area contributed by atoms with Crippen molar-refractivity contribution < 1.29 is 36.2 Å². The standard InChI is InChI=1S/C21H16F6N4O3/c22-20(23,24)13-5-3-12(4-6-13)16-10-15(18(33)29-9-7-17(32)21(25,26)27)19(34)31(30-16)14-2-1-8-28-11-14/h1-6,8,10-11,17,32H,7,9H2,(H,29,33)/t17-/m0/s1. The molecule has 13 heteroatoms. The molecule has 2 N–H and O–H groups in total. The molecule has 0 saturated carbocycles. The van der Waals surface area contributed by atoms with E-state index in [1.807, 2.05) is 0 Å². The largest absolute Gasteiger partial charge is 0.416 e. The van der Waals surface area contributed by atoms with Crippen LogP contribution in [0, 0.1) is 0 Å². The van der Waals surface area contributed by atoms with Crippen LogP contribution in [0.25, 0.3) is 16.9 Å². The first-order valence-electron chi connectivity index (χ1n) is 9.63. The fraction of sp³-hybridized carbons (Fsp3) is 0.238. The molecule has 0 saturated heterocycles. The lowest BCUT2D eigenvalue weighted by atomic mass is 10.1. The summed E-state index contributed by atoms with van der Waals surface area (Å²) in [7, 11) is 0. The van der Waals surface area contributed by atoms with Gasteiger partial charge >= 0.3 is 12.4 Å². The number of carbonyl (C=O) groups excluding carboxylic acids is 1. The minimum atomic E-state index is -4.87. The van der Waals surface area contributed by atoms with Gasteiger partial charge in [0.05, 0.1) is 23.1 Å². The molecule has 2 aromatic heterocycles. The topological polar surface area (TPSA) is 97.1 Å². The molecule has 0 spiro atoms. The van der Waals surface area contributed by atoms with Crippen LogP contribution in [-0.2, 0) is 6.18 Å². The van der Waals surface area contributed by atoms with E-state index in [4.69, 9.17) is 5.11 Å². The van der Waals surface area contributed by atoms with Crippen molar-refractivity contribution in [2.45, 2.75) is 24.9 Å². The minimum Gasteiger partial charge on any atom is -0.384 e. The van der Waals surface area contributed by atoms with Crippen molar-refractivity contribution in [2.24, 2.45) is 0 Å². The number of carbonyl (C=O) groups is 1. The van der Waals surface area contributed by atoms with Crippen molar-refractivity contribution in [1.82, 2.24) is 20.1 Å². The number of benzene rings is 1. The average Bonchev–Trinajstić information content (AvgIpc) is 2.78. The third kappa shape index (κ3) is 5.78. The molecule has 7 nitrogen and oxygen atoms in total. The van der Waals surface area contributed by atoms with Gasteiger partial charge in [-0.05, 0) is 36.8 Å². The van der Waals surface area contributed by atoms with E-state index in [-0.39, 0.29) is 16.9 Å². The van der Waals surface area contributed by atoms with Crippen LogP contribution >= 0.6 is 0 Å². The fourth-order valence-corrected chi connectivity index (χ4v) is 2.86. The zero-order valence-electron chi connectivity index (χ0n) is 17.1. The number of hydrogen-bond donors (Lipinski definition) is 2. The summed E-state index contributed by atoms with van der Waals surface area (Å²) in [5.41, 5.74) is -2.13. The molecule has 0 aliphatic carbocycles. The molecule has 3 rings (SSSR count). The zero-order valence-corrected chi connectivity index (χ0v) is 17.1. The van der Waals surface area contributed by atoms with Gasteiger partial charge in [-0.15, -0.1) is 0 Å². The van der Waals surface area contributed by atoms with Crippen LogP contribution in [0.4, 0.5) is 26.3 Å². The summed E-state index contributed by atoms with van der Waals surface area (Å²) in [4.78, 5) is 29.3. The second kappa shape index (κ2) is 9.63. The van der Waals surface area contributed by atoms with Crippen LogP contribution < -0.4 is 10.9 Å². The van der Waals surface area contributed by atoms with Crippen LogP contribution in [-0.4, -0.2) is 44.6 Å². The number of hydrogen-bond acceptors (Lipinski definition) is 5. The van der Waals surface area contributed by atoms with E-state index in [0.29, 0.717) is 0 Å². The van der Waals surface area contributed by atoms with Gasteiger partial charge < -0.3 is 10.4 Å². The Morgan fingerprint density at radius 2 is 1.76 bits per heavy atom. The van der Waals surface area contributed by atoms with Crippen LogP contribution in [0.2, 0.25) is 0 Å². The summed E-state index contributed by atoms with van der Waals surface area (Å²) in [6.45, 7) is -0.593. The van der Waals surface area contributed by atoms with E-state index in [0.717, 1.165) is 35.0 Å². The lowest BCUT2D eigenvalue weighted by Gasteiger charge is -2.15. The Hall–Kier alpha value is -3.74. The van der Waals surface area contributed by atoms with E-state index < -0.39 is 54.0 Å². The van der Waals surface area contributed by atoms with Crippen LogP contribution in [0.1, 0.15) is 22.3 Å². The summed E-state index contributed by atoms with van der Waals surface area (Å²) < 4.78 is 76.7. The maximum atomic E-state index is 12.9. The number of aliphatic hydroxyl groups is 1. The summed E-state index contributed by atoms with van der Waals surface area (Å²) in [5.74, 6) is -1.05. The summed E-state index contributed by atoms with van der Waals surface area (Å²) >= 11 is 0. The van der Waals surface area contributed by atoms with Crippen LogP contribution in [0.3, 0.4) is 0 Å². The quantitative estimate of drug-likeness (QED) is 0.521. The smallest absolute Gasteiger partial charge is 0.384 e. The molecular formula is C21H16F6N4O3. The molecular weight excluding hydrogens is 470 g/mol. The molecule has 0 unspecified atom stereocenters. The van der Waals surface area contributed by atoms with Gasteiger partial charge in [0.25, 0.3) is 11.5 Å². The summed E-state index contributed by atoms with van der Waals surface area (Å²) in [6, 6.07) is 7.75. The number of aromatic nitrogens is 3. The van der Waals surface area contributed by atoms with E-state index in [9.17, 15) is 35.9 Å². The molecule has 2 heterocycles. The van der Waals surface area contributed by atoms with E-state index in [1.165, 1.54) is 24.5 Å². The predicted octanol–water partition coefficient (Wildman–Crippen LogP) is 3.36. The Morgan fingerprint density at radius 3 is 2.32 bits per heavy atom. The molecule has 180 valence electrons. The van der Waals surface area contributed by atoms with Crippen molar-refractivity contribution in [3.8, 4) is 16.9 Å². The van der Waals surface area contributed by atoms with Crippen LogP contribution in [0.15, 0.2) is 59.7 Å². The molecule has 1 amide bonds. The predicted molar refractivity (Wildman–Crippen MR) is 107 cm³/mol. The van der Waals surface area contributed by atoms with Gasteiger partial charge in [-0.3, -0.25) is 14.6 Å². The van der Waals surface area contributed by atoms with Gasteiger partial charge in [-0.2, -0.15) is 36.1 Å². The highest BCUT2D eigenvalue weighted by Gasteiger charge is 2.37. The van der Waals surface area contributed by atoms with Gasteiger partial charge in [0, 0.05) is 18.3 Å². The monoisotopic (exact) mass is 486 g/mol. The Bertz CT molecular complexity index is 1210. The molecule has 1 aromatic carbocycles. The Morgan fingerprint density at radius 1 is 1.09 bits per heavy atom. The molecule has 0 fully saturated rings. The minimum absolute atomic E-state index is 0.0438. The highest BCUT2D eigenvalue weighted by Crippen LogP contribution is 2.30. The number of halogens is 6. The maximum absolute atomic E-state index is 12.9. The van der Waals surface area contributed by atoms with Crippen molar-refractivity contribution in [2.75, 3.05) is 6.54 Å². The normalized spacial score (nSPS) is 12.9. The first-order valence-corrected chi connectivity index (χ1v) is 9.63. The van der Waals surface area contributed by atoms with Crippen molar-refractivity contribution in [1.29, 1.82) is 0 Å². The molecule has 0 radical (unpaired) electrons. The Kier molecular flexibility index (Phi) is 7.05. The zero-order chi connectivity index (χ0) is 25.1. The highest BCUT2D eigenvalue weighted by atomic mass is 19.4. The summed E-state index contributed by atoms with van der Waals surface area (Å²) in [5, 5.41) is 15.3. The molecule has 3 aromatic rings. The van der Waals surface area contributed by atoms with Crippen LogP contribution in [0.5, 0.6) is 0 Å². The van der Waals surface area contributed by atoms with Gasteiger partial charge in [0.1, 0.15) is 5.56 Å². The number of amides is 1. The average molecular weight is 486 g/mol. The first-order chi connectivity index (χ1) is 15.9. The number of nitrogens with zero attached hydrogens (tertiary/aromatic N) is 3. The second-order valence-corrected chi connectivity index (χ2v) is 7.05. The number of rotatable bonds is 6. The van der Waals surface area contributed by atoms with E-state index in [1.54, 1.807) is 0 Å². The Balaban J connectivity index is 1.99. The Labute approximate surface area is 187 Å². The SMILES string of the molecule is O=C(NCC[C@H](O)C(F)(F)F)c1cc(-c2ccc(C(F)(F)F)cc2)nn(-c2cccnc2)c1=O. The van der Waals surface area contributed by atoms with Crippen molar-refractivity contribution in [3.63, 3.8) is 0 Å². The first kappa shape index (κ1) is 24.9. The fourth-order valence-electron chi connectivity index (χ4n) is 2.86. The number of alkyl halides is 6. The molecule has 34 heavy (non-hydrogen) atoms. The van der Waals surface area contributed by atoms with Gasteiger partial charge in [0.2, 0.25) is 0 Å². The number of nitrogens with one attached hydrogen (secondary N) is 1. The third-order valence-corrected chi connectivity index (χ3v) is 4.64. The molecule has 1 atom stereocenters. The van der Waals surface area contributed by atoms with Crippen molar-refractivity contribution in [3.05, 3.63) is 76.3 Å². The lowest BCUT2D eigenvalue weighted by molar-refractivity contribution is -0.204. The second-order valence-electron chi connectivity index (χ2n) is 7.05. The molecule has 0 aliphatic heterocycles. The van der Waals surface area contributed by atoms with Gasteiger partial charge in [-0.1, -0.05) is 12.1 Å². The molecule has 0 aliphatic rings. The van der Waals surface area contributed by atoms with E-state index >= 15 is 0 Å². The van der Waals surface area contributed by atoms with Gasteiger partial charge in [-0.25, -0.2) is 0 Å². The third-order valence-electron chi connectivity index (χ3n) is 4.64. The number of aliphatic hydroxyl groups excluding tert-OH is 1. The van der Waals surface area contributed by atoms with Crippen molar-refractivity contribution >= 4 is 5.91 Å². The van der Waals surface area contributed by atoms with Gasteiger partial charge in [0.15, 0.2) is 6.10 Å². The number of pyridine rings is 1. The molecule has 0 bridgehead atoms. The lowest BCUT2D eigenvalue weighted by Crippen LogP contribution is -2.37. The highest BCUT2D eigenvalue weighted by molar-refractivity contribution is 5.94.